The number of rotatable bonds is 7. The maximum Gasteiger partial charge on any atom is 0.0871 e. The Morgan fingerprint density at radius 2 is 2.00 bits per heavy atom. The fourth-order valence-corrected chi connectivity index (χ4v) is 2.71. The van der Waals surface area contributed by atoms with Crippen molar-refractivity contribution in [3.63, 3.8) is 0 Å². The van der Waals surface area contributed by atoms with E-state index in [0.717, 1.165) is 19.4 Å². The van der Waals surface area contributed by atoms with Crippen LogP contribution >= 0.6 is 0 Å². The summed E-state index contributed by atoms with van der Waals surface area (Å²) in [6.45, 7) is 9.30. The Balaban J connectivity index is 3.17. The molecule has 0 aromatic carbocycles. The number of aromatic nitrogens is 1. The van der Waals surface area contributed by atoms with E-state index in [4.69, 9.17) is 4.74 Å². The minimum atomic E-state index is -0.155. The van der Waals surface area contributed by atoms with E-state index in [0.29, 0.717) is 0 Å². The van der Waals surface area contributed by atoms with Crippen LogP contribution in [-0.4, -0.2) is 24.2 Å². The molecule has 18 heavy (non-hydrogen) atoms. The first-order chi connectivity index (χ1) is 8.65. The second-order valence-electron chi connectivity index (χ2n) is 4.66. The number of hydrogen-bond acceptors (Lipinski definition) is 3. The largest absolute Gasteiger partial charge is 0.373 e. The summed E-state index contributed by atoms with van der Waals surface area (Å²) in [6.07, 6.45) is 5.76. The molecule has 0 amide bonds. The van der Waals surface area contributed by atoms with E-state index in [1.54, 1.807) is 0 Å². The molecule has 0 radical (unpaired) electrons. The van der Waals surface area contributed by atoms with Crippen molar-refractivity contribution in [3.8, 4) is 0 Å². The highest BCUT2D eigenvalue weighted by Gasteiger charge is 2.37. The van der Waals surface area contributed by atoms with Crippen LogP contribution in [0, 0.1) is 6.92 Å². The molecule has 1 N–H and O–H groups in total. The quantitative estimate of drug-likeness (QED) is 0.806. The van der Waals surface area contributed by atoms with E-state index in [1.807, 2.05) is 19.4 Å². The Hall–Kier alpha value is -0.930. The van der Waals surface area contributed by atoms with Crippen LogP contribution in [0.2, 0.25) is 0 Å². The first kappa shape index (κ1) is 15.1. The lowest BCUT2D eigenvalue weighted by molar-refractivity contribution is -0.0719. The van der Waals surface area contributed by atoms with Crippen LogP contribution in [0.1, 0.15) is 50.8 Å². The summed E-state index contributed by atoms with van der Waals surface area (Å²) < 4.78 is 6.10. The van der Waals surface area contributed by atoms with Gasteiger partial charge in [-0.1, -0.05) is 13.8 Å². The summed E-state index contributed by atoms with van der Waals surface area (Å²) in [6, 6.07) is 2.24. The van der Waals surface area contributed by atoms with Gasteiger partial charge >= 0.3 is 0 Å². The van der Waals surface area contributed by atoms with Crippen LogP contribution in [0.4, 0.5) is 0 Å². The van der Waals surface area contributed by atoms with E-state index in [-0.39, 0.29) is 11.6 Å². The fourth-order valence-electron chi connectivity index (χ4n) is 2.71. The highest BCUT2D eigenvalue weighted by molar-refractivity contribution is 5.27. The summed E-state index contributed by atoms with van der Waals surface area (Å²) in [4.78, 5) is 4.26. The van der Waals surface area contributed by atoms with E-state index in [9.17, 15) is 0 Å². The zero-order valence-electron chi connectivity index (χ0n) is 12.3. The predicted octanol–water partition coefficient (Wildman–Crippen LogP) is 3.25. The van der Waals surface area contributed by atoms with Gasteiger partial charge in [0.1, 0.15) is 0 Å². The van der Waals surface area contributed by atoms with E-state index >= 15 is 0 Å². The monoisotopic (exact) mass is 250 g/mol. The van der Waals surface area contributed by atoms with Gasteiger partial charge in [-0.2, -0.15) is 0 Å². The Labute approximate surface area is 111 Å². The summed E-state index contributed by atoms with van der Waals surface area (Å²) in [5.74, 6) is 0. The zero-order chi connectivity index (χ0) is 13.6. The Bertz CT molecular complexity index is 361. The summed E-state index contributed by atoms with van der Waals surface area (Å²) in [7, 11) is 2.00. The SMILES string of the molecule is CCOC(CC)(CC)C(NC)c1cnccc1C. The molecule has 1 rings (SSSR count). The Morgan fingerprint density at radius 3 is 2.44 bits per heavy atom. The number of hydrogen-bond donors (Lipinski definition) is 1. The molecule has 1 atom stereocenters. The number of ether oxygens (including phenoxy) is 1. The molecule has 0 aliphatic carbocycles. The lowest BCUT2D eigenvalue weighted by Gasteiger charge is -2.40. The maximum atomic E-state index is 6.10. The third-order valence-corrected chi connectivity index (χ3v) is 3.83. The second-order valence-corrected chi connectivity index (χ2v) is 4.66. The van der Waals surface area contributed by atoms with Gasteiger partial charge in [0, 0.05) is 19.0 Å². The van der Waals surface area contributed by atoms with Gasteiger partial charge in [0.2, 0.25) is 0 Å². The summed E-state index contributed by atoms with van der Waals surface area (Å²) >= 11 is 0. The second kappa shape index (κ2) is 6.86. The molecule has 0 aliphatic heterocycles. The number of likely N-dealkylation sites (N-methyl/N-ethyl adjacent to an activating group) is 1. The Kier molecular flexibility index (Phi) is 5.76. The third kappa shape index (κ3) is 2.90. The molecule has 1 heterocycles. The van der Waals surface area contributed by atoms with Crippen molar-refractivity contribution < 1.29 is 4.74 Å². The number of nitrogens with zero attached hydrogens (tertiary/aromatic N) is 1. The molecular weight excluding hydrogens is 224 g/mol. The van der Waals surface area contributed by atoms with Gasteiger partial charge in [-0.15, -0.1) is 0 Å². The van der Waals surface area contributed by atoms with Crippen molar-refractivity contribution >= 4 is 0 Å². The third-order valence-electron chi connectivity index (χ3n) is 3.83. The van der Waals surface area contributed by atoms with Crippen LogP contribution in [-0.2, 0) is 4.74 Å². The van der Waals surface area contributed by atoms with E-state index in [1.165, 1.54) is 11.1 Å². The average molecular weight is 250 g/mol. The Morgan fingerprint density at radius 1 is 1.33 bits per heavy atom. The number of nitrogens with one attached hydrogen (secondary N) is 1. The molecule has 1 unspecified atom stereocenters. The van der Waals surface area contributed by atoms with Crippen molar-refractivity contribution in [2.45, 2.75) is 52.2 Å². The standard InChI is InChI=1S/C15H26N2O/c1-6-15(7-2,18-8-3)14(16-5)13-11-17-10-9-12(13)4/h9-11,14,16H,6-8H2,1-5H3. The lowest BCUT2D eigenvalue weighted by atomic mass is 9.83. The van der Waals surface area contributed by atoms with Crippen LogP contribution in [0.3, 0.4) is 0 Å². The van der Waals surface area contributed by atoms with E-state index in [2.05, 4.69) is 44.1 Å². The maximum absolute atomic E-state index is 6.10. The first-order valence-electron chi connectivity index (χ1n) is 6.86. The van der Waals surface area contributed by atoms with Crippen molar-refractivity contribution in [1.82, 2.24) is 10.3 Å². The number of aryl methyl sites for hydroxylation is 1. The topological polar surface area (TPSA) is 34.1 Å². The van der Waals surface area contributed by atoms with Crippen molar-refractivity contribution in [2.75, 3.05) is 13.7 Å². The first-order valence-corrected chi connectivity index (χ1v) is 6.86. The molecule has 0 aliphatic rings. The van der Waals surface area contributed by atoms with Crippen LogP contribution in [0.5, 0.6) is 0 Å². The molecule has 102 valence electrons. The molecule has 0 saturated carbocycles. The summed E-state index contributed by atoms with van der Waals surface area (Å²) in [5.41, 5.74) is 2.34. The van der Waals surface area contributed by atoms with Crippen molar-refractivity contribution in [3.05, 3.63) is 29.6 Å². The van der Waals surface area contributed by atoms with Gasteiger partial charge < -0.3 is 10.1 Å². The van der Waals surface area contributed by atoms with Crippen LogP contribution in [0.25, 0.3) is 0 Å². The molecular formula is C15H26N2O. The van der Waals surface area contributed by atoms with Gasteiger partial charge in [0.05, 0.1) is 11.6 Å². The van der Waals surface area contributed by atoms with Gasteiger partial charge in [0.15, 0.2) is 0 Å². The van der Waals surface area contributed by atoms with Gasteiger partial charge in [-0.3, -0.25) is 4.98 Å². The molecule has 0 fully saturated rings. The molecule has 3 nitrogen and oxygen atoms in total. The van der Waals surface area contributed by atoms with Crippen LogP contribution in [0.15, 0.2) is 18.5 Å². The van der Waals surface area contributed by atoms with Gasteiger partial charge in [-0.25, -0.2) is 0 Å². The zero-order valence-corrected chi connectivity index (χ0v) is 12.3. The smallest absolute Gasteiger partial charge is 0.0871 e. The minimum absolute atomic E-state index is 0.155. The number of pyridine rings is 1. The van der Waals surface area contributed by atoms with Crippen molar-refractivity contribution in [2.24, 2.45) is 0 Å². The minimum Gasteiger partial charge on any atom is -0.373 e. The normalized spacial score (nSPS) is 13.6. The van der Waals surface area contributed by atoms with Crippen molar-refractivity contribution in [1.29, 1.82) is 0 Å². The average Bonchev–Trinajstić information content (AvgIpc) is 2.40. The highest BCUT2D eigenvalue weighted by Crippen LogP contribution is 2.36. The van der Waals surface area contributed by atoms with Gasteiger partial charge in [-0.05, 0) is 50.9 Å². The summed E-state index contributed by atoms with van der Waals surface area (Å²) in [5, 5.41) is 3.42. The fraction of sp³-hybridized carbons (Fsp3) is 0.667. The molecule has 1 aromatic rings. The molecule has 0 spiro atoms. The lowest BCUT2D eigenvalue weighted by Crippen LogP contribution is -2.44. The van der Waals surface area contributed by atoms with E-state index < -0.39 is 0 Å². The predicted molar refractivity (Wildman–Crippen MR) is 75.7 cm³/mol. The molecule has 0 saturated heterocycles. The molecule has 1 aromatic heterocycles. The molecule has 3 heteroatoms. The molecule has 0 bridgehead atoms. The highest BCUT2D eigenvalue weighted by atomic mass is 16.5. The van der Waals surface area contributed by atoms with Gasteiger partial charge in [0.25, 0.3) is 0 Å². The van der Waals surface area contributed by atoms with Crippen LogP contribution < -0.4 is 5.32 Å².